The maximum absolute atomic E-state index is 5.78. The van der Waals surface area contributed by atoms with Crippen LogP contribution in [0, 0.1) is 5.41 Å². The molecule has 0 radical (unpaired) electrons. The Morgan fingerprint density at radius 3 is 2.77 bits per heavy atom. The number of nitrogens with two attached hydrogens (primary N) is 1. The van der Waals surface area contributed by atoms with Gasteiger partial charge in [-0.15, -0.1) is 10.2 Å². The average Bonchev–Trinajstić information content (AvgIpc) is 2.44. The molecule has 4 heteroatoms. The minimum Gasteiger partial charge on any atom is -0.330 e. The van der Waals surface area contributed by atoms with Crippen LogP contribution in [0.4, 0.5) is 0 Å². The summed E-state index contributed by atoms with van der Waals surface area (Å²) in [5.74, 6) is 1.06. The van der Waals surface area contributed by atoms with Gasteiger partial charge in [0.25, 0.3) is 0 Å². The first-order chi connectivity index (χ1) is 6.26. The van der Waals surface area contributed by atoms with Gasteiger partial charge in [-0.3, -0.25) is 0 Å². The van der Waals surface area contributed by atoms with E-state index in [2.05, 4.69) is 10.2 Å². The highest BCUT2D eigenvalue weighted by molar-refractivity contribution is 4.98. The molecule has 0 spiro atoms. The number of hydrogen-bond acceptors (Lipinski definition) is 3. The van der Waals surface area contributed by atoms with Crippen molar-refractivity contribution in [3.8, 4) is 0 Å². The fourth-order valence-corrected chi connectivity index (χ4v) is 1.93. The third kappa shape index (κ3) is 1.46. The van der Waals surface area contributed by atoms with Crippen LogP contribution < -0.4 is 5.73 Å². The van der Waals surface area contributed by atoms with Gasteiger partial charge in [0.15, 0.2) is 0 Å². The standard InChI is InChI=1S/C9H16N4/c1-13-7-11-12-8(13)5-9(6-10)3-2-4-9/h7H,2-6,10H2,1H3. The SMILES string of the molecule is Cn1cnnc1CC1(CN)CCC1. The molecule has 1 heterocycles. The minimum atomic E-state index is 0.334. The molecule has 1 aliphatic rings. The highest BCUT2D eigenvalue weighted by Gasteiger charge is 2.36. The first kappa shape index (κ1) is 8.69. The van der Waals surface area contributed by atoms with E-state index in [9.17, 15) is 0 Å². The van der Waals surface area contributed by atoms with Gasteiger partial charge in [-0.2, -0.15) is 0 Å². The molecular formula is C9H16N4. The third-order valence-electron chi connectivity index (χ3n) is 3.19. The van der Waals surface area contributed by atoms with Crippen molar-refractivity contribution in [3.63, 3.8) is 0 Å². The van der Waals surface area contributed by atoms with Gasteiger partial charge in [0.05, 0.1) is 0 Å². The zero-order valence-electron chi connectivity index (χ0n) is 8.03. The molecule has 0 amide bonds. The second-order valence-corrected chi connectivity index (χ2v) is 4.09. The number of hydrogen-bond donors (Lipinski definition) is 1. The Morgan fingerprint density at radius 1 is 1.62 bits per heavy atom. The van der Waals surface area contributed by atoms with E-state index in [-0.39, 0.29) is 0 Å². The molecule has 2 rings (SSSR count). The molecule has 1 fully saturated rings. The van der Waals surface area contributed by atoms with E-state index in [1.165, 1.54) is 19.3 Å². The second kappa shape index (κ2) is 3.10. The van der Waals surface area contributed by atoms with Gasteiger partial charge < -0.3 is 10.3 Å². The van der Waals surface area contributed by atoms with E-state index in [0.717, 1.165) is 18.8 Å². The Hall–Kier alpha value is -0.900. The zero-order valence-corrected chi connectivity index (χ0v) is 8.03. The summed E-state index contributed by atoms with van der Waals surface area (Å²) in [6.07, 6.45) is 6.54. The van der Waals surface area contributed by atoms with E-state index in [0.29, 0.717) is 5.41 Å². The lowest BCUT2D eigenvalue weighted by molar-refractivity contribution is 0.140. The smallest absolute Gasteiger partial charge is 0.133 e. The molecule has 0 saturated heterocycles. The molecule has 1 aliphatic carbocycles. The lowest BCUT2D eigenvalue weighted by atomic mass is 9.66. The summed E-state index contributed by atoms with van der Waals surface area (Å²) in [7, 11) is 1.98. The second-order valence-electron chi connectivity index (χ2n) is 4.09. The van der Waals surface area contributed by atoms with E-state index < -0.39 is 0 Å². The Labute approximate surface area is 78.1 Å². The monoisotopic (exact) mass is 180 g/mol. The molecule has 1 saturated carbocycles. The van der Waals surface area contributed by atoms with E-state index in [1.807, 2.05) is 11.6 Å². The fraction of sp³-hybridized carbons (Fsp3) is 0.778. The van der Waals surface area contributed by atoms with Crippen LogP contribution >= 0.6 is 0 Å². The molecule has 0 atom stereocenters. The van der Waals surface area contributed by atoms with Crippen LogP contribution in [0.3, 0.4) is 0 Å². The van der Waals surface area contributed by atoms with Gasteiger partial charge in [-0.1, -0.05) is 6.42 Å². The van der Waals surface area contributed by atoms with Gasteiger partial charge in [-0.05, 0) is 24.8 Å². The number of aromatic nitrogens is 3. The highest BCUT2D eigenvalue weighted by Crippen LogP contribution is 2.42. The van der Waals surface area contributed by atoms with Gasteiger partial charge in [0, 0.05) is 13.5 Å². The topological polar surface area (TPSA) is 56.7 Å². The van der Waals surface area contributed by atoms with Crippen molar-refractivity contribution in [2.24, 2.45) is 18.2 Å². The van der Waals surface area contributed by atoms with Crippen molar-refractivity contribution in [1.82, 2.24) is 14.8 Å². The van der Waals surface area contributed by atoms with Crippen LogP contribution in [-0.4, -0.2) is 21.3 Å². The van der Waals surface area contributed by atoms with Crippen LogP contribution in [0.25, 0.3) is 0 Å². The Bertz CT molecular complexity index is 282. The summed E-state index contributed by atoms with van der Waals surface area (Å²) in [4.78, 5) is 0. The van der Waals surface area contributed by atoms with Crippen LogP contribution in [0.1, 0.15) is 25.1 Å². The summed E-state index contributed by atoms with van der Waals surface area (Å²) in [5, 5.41) is 7.96. The van der Waals surface area contributed by atoms with Crippen LogP contribution in [-0.2, 0) is 13.5 Å². The Morgan fingerprint density at radius 2 is 2.38 bits per heavy atom. The van der Waals surface area contributed by atoms with E-state index in [1.54, 1.807) is 6.33 Å². The molecule has 0 aliphatic heterocycles. The normalized spacial score (nSPS) is 19.8. The van der Waals surface area contributed by atoms with Crippen molar-refractivity contribution in [1.29, 1.82) is 0 Å². The summed E-state index contributed by atoms with van der Waals surface area (Å²) in [6, 6.07) is 0. The molecule has 1 aromatic heterocycles. The Balaban J connectivity index is 2.08. The number of aryl methyl sites for hydroxylation is 1. The lowest BCUT2D eigenvalue weighted by Gasteiger charge is -2.40. The van der Waals surface area contributed by atoms with Crippen molar-refractivity contribution in [3.05, 3.63) is 12.2 Å². The van der Waals surface area contributed by atoms with E-state index in [4.69, 9.17) is 5.73 Å². The van der Waals surface area contributed by atoms with Gasteiger partial charge in [0.2, 0.25) is 0 Å². The first-order valence-corrected chi connectivity index (χ1v) is 4.79. The molecule has 72 valence electrons. The number of nitrogens with zero attached hydrogens (tertiary/aromatic N) is 3. The first-order valence-electron chi connectivity index (χ1n) is 4.79. The molecule has 0 unspecified atom stereocenters. The third-order valence-corrected chi connectivity index (χ3v) is 3.19. The predicted octanol–water partition coefficient (Wildman–Crippen LogP) is 0.487. The fourth-order valence-electron chi connectivity index (χ4n) is 1.93. The predicted molar refractivity (Wildman–Crippen MR) is 50.0 cm³/mol. The van der Waals surface area contributed by atoms with Crippen molar-refractivity contribution in [2.45, 2.75) is 25.7 Å². The molecule has 0 aromatic carbocycles. The zero-order chi connectivity index (χ0) is 9.31. The summed E-state index contributed by atoms with van der Waals surface area (Å²) in [6.45, 7) is 0.778. The van der Waals surface area contributed by atoms with Gasteiger partial charge in [-0.25, -0.2) is 0 Å². The highest BCUT2D eigenvalue weighted by atomic mass is 15.2. The van der Waals surface area contributed by atoms with E-state index >= 15 is 0 Å². The van der Waals surface area contributed by atoms with Crippen LogP contribution in [0.2, 0.25) is 0 Å². The molecule has 13 heavy (non-hydrogen) atoms. The largest absolute Gasteiger partial charge is 0.330 e. The summed E-state index contributed by atoms with van der Waals surface area (Å²) >= 11 is 0. The average molecular weight is 180 g/mol. The van der Waals surface area contributed by atoms with Crippen molar-refractivity contribution in [2.75, 3.05) is 6.54 Å². The summed E-state index contributed by atoms with van der Waals surface area (Å²) < 4.78 is 1.98. The molecule has 1 aromatic rings. The molecule has 0 bridgehead atoms. The van der Waals surface area contributed by atoms with Crippen molar-refractivity contribution >= 4 is 0 Å². The maximum atomic E-state index is 5.78. The molecular weight excluding hydrogens is 164 g/mol. The molecule has 2 N–H and O–H groups in total. The summed E-state index contributed by atoms with van der Waals surface area (Å²) in [5.41, 5.74) is 6.11. The minimum absolute atomic E-state index is 0.334. The Kier molecular flexibility index (Phi) is 2.07. The van der Waals surface area contributed by atoms with Crippen LogP contribution in [0.5, 0.6) is 0 Å². The maximum Gasteiger partial charge on any atom is 0.133 e. The molecule has 4 nitrogen and oxygen atoms in total. The van der Waals surface area contributed by atoms with Gasteiger partial charge in [0.1, 0.15) is 12.2 Å². The van der Waals surface area contributed by atoms with Crippen LogP contribution in [0.15, 0.2) is 6.33 Å². The van der Waals surface area contributed by atoms with Gasteiger partial charge >= 0.3 is 0 Å². The number of rotatable bonds is 3. The quantitative estimate of drug-likeness (QED) is 0.736. The lowest BCUT2D eigenvalue weighted by Crippen LogP contribution is -2.39. The van der Waals surface area contributed by atoms with Crippen molar-refractivity contribution < 1.29 is 0 Å².